The van der Waals surface area contributed by atoms with E-state index < -0.39 is 0 Å². The molecule has 2 aromatic heterocycles. The molecule has 3 nitrogen and oxygen atoms in total. The summed E-state index contributed by atoms with van der Waals surface area (Å²) in [4.78, 5) is 17.0. The van der Waals surface area contributed by atoms with Gasteiger partial charge in [0.05, 0.1) is 16.3 Å². The molecule has 0 saturated carbocycles. The van der Waals surface area contributed by atoms with Crippen molar-refractivity contribution in [3.8, 4) is 0 Å². The van der Waals surface area contributed by atoms with Crippen LogP contribution in [-0.2, 0) is 0 Å². The van der Waals surface area contributed by atoms with Crippen LogP contribution in [0.25, 0.3) is 33.0 Å². The lowest BCUT2D eigenvalue weighted by Crippen LogP contribution is -2.03. The number of para-hydroxylation sites is 1. The Bertz CT molecular complexity index is 1030. The van der Waals surface area contributed by atoms with Gasteiger partial charge in [-0.3, -0.25) is 4.79 Å². The maximum atomic E-state index is 12.5. The molecule has 96 valence electrons. The molecule has 20 heavy (non-hydrogen) atoms. The summed E-state index contributed by atoms with van der Waals surface area (Å²) in [6.07, 6.45) is 0. The van der Waals surface area contributed by atoms with E-state index in [4.69, 9.17) is 4.42 Å². The summed E-state index contributed by atoms with van der Waals surface area (Å²) in [5.74, 6) is 0. The van der Waals surface area contributed by atoms with Gasteiger partial charge in [0, 0.05) is 5.39 Å². The van der Waals surface area contributed by atoms with E-state index in [1.807, 2.05) is 43.3 Å². The van der Waals surface area contributed by atoms with Crippen LogP contribution in [0, 0.1) is 6.92 Å². The number of hydrogen-bond donors (Lipinski definition) is 0. The molecule has 2 heterocycles. The van der Waals surface area contributed by atoms with E-state index in [0.29, 0.717) is 22.1 Å². The SMILES string of the molecule is Cc1ccc2nc3oc4ccccc4c(=O)c3cc2c1. The molecule has 0 aliphatic carbocycles. The quantitative estimate of drug-likeness (QED) is 0.452. The number of aryl methyl sites for hydroxylation is 1. The lowest BCUT2D eigenvalue weighted by molar-refractivity contribution is 0.647. The molecule has 0 radical (unpaired) electrons. The van der Waals surface area contributed by atoms with E-state index >= 15 is 0 Å². The third kappa shape index (κ3) is 1.53. The molecule has 0 atom stereocenters. The summed E-state index contributed by atoms with van der Waals surface area (Å²) in [6, 6.07) is 15.1. The van der Waals surface area contributed by atoms with Gasteiger partial charge in [-0.1, -0.05) is 23.8 Å². The summed E-state index contributed by atoms with van der Waals surface area (Å²) < 4.78 is 5.75. The van der Waals surface area contributed by atoms with Gasteiger partial charge < -0.3 is 4.42 Å². The van der Waals surface area contributed by atoms with Crippen LogP contribution in [0.1, 0.15) is 5.56 Å². The molecule has 0 aliphatic heterocycles. The summed E-state index contributed by atoms with van der Waals surface area (Å²) in [5, 5.41) is 2.08. The Labute approximate surface area is 114 Å². The van der Waals surface area contributed by atoms with Gasteiger partial charge in [-0.2, -0.15) is 0 Å². The summed E-state index contributed by atoms with van der Waals surface area (Å²) >= 11 is 0. The third-order valence-corrected chi connectivity index (χ3v) is 3.52. The molecule has 4 rings (SSSR count). The van der Waals surface area contributed by atoms with E-state index in [2.05, 4.69) is 4.98 Å². The highest BCUT2D eigenvalue weighted by Crippen LogP contribution is 2.22. The molecular weight excluding hydrogens is 250 g/mol. The fraction of sp³-hybridized carbons (Fsp3) is 0.0588. The number of fused-ring (bicyclic) bond motifs is 3. The summed E-state index contributed by atoms with van der Waals surface area (Å²) in [5.41, 5.74) is 2.91. The molecule has 2 aromatic carbocycles. The van der Waals surface area contributed by atoms with Crippen molar-refractivity contribution in [3.05, 3.63) is 64.3 Å². The molecule has 0 fully saturated rings. The molecule has 0 aliphatic rings. The standard InChI is InChI=1S/C17H11NO2/c1-10-6-7-14-11(8-10)9-13-16(19)12-4-2-3-5-15(12)20-17(13)18-14/h2-9H,1H3. The van der Waals surface area contributed by atoms with Gasteiger partial charge in [0.25, 0.3) is 0 Å². The second kappa shape index (κ2) is 3.90. The Hall–Kier alpha value is -2.68. The van der Waals surface area contributed by atoms with Crippen LogP contribution in [0.2, 0.25) is 0 Å². The Morgan fingerprint density at radius 1 is 1.00 bits per heavy atom. The number of nitrogens with zero attached hydrogens (tertiary/aromatic N) is 1. The minimum atomic E-state index is -0.0299. The predicted molar refractivity (Wildman–Crippen MR) is 80.0 cm³/mol. The van der Waals surface area contributed by atoms with Gasteiger partial charge in [0.15, 0.2) is 0 Å². The van der Waals surface area contributed by atoms with E-state index in [1.54, 1.807) is 12.1 Å². The van der Waals surface area contributed by atoms with Crippen molar-refractivity contribution in [1.29, 1.82) is 0 Å². The molecule has 0 bridgehead atoms. The second-order valence-electron chi connectivity index (χ2n) is 4.96. The van der Waals surface area contributed by atoms with Gasteiger partial charge >= 0.3 is 0 Å². The van der Waals surface area contributed by atoms with Crippen molar-refractivity contribution in [1.82, 2.24) is 4.98 Å². The number of benzene rings is 2. The van der Waals surface area contributed by atoms with Gasteiger partial charge in [0.2, 0.25) is 11.1 Å². The fourth-order valence-electron chi connectivity index (χ4n) is 2.51. The normalized spacial score (nSPS) is 11.4. The molecule has 0 spiro atoms. The highest BCUT2D eigenvalue weighted by molar-refractivity contribution is 5.95. The van der Waals surface area contributed by atoms with Crippen molar-refractivity contribution in [2.45, 2.75) is 6.92 Å². The van der Waals surface area contributed by atoms with Crippen molar-refractivity contribution in [2.75, 3.05) is 0 Å². The Morgan fingerprint density at radius 2 is 1.85 bits per heavy atom. The van der Waals surface area contributed by atoms with Crippen LogP contribution >= 0.6 is 0 Å². The van der Waals surface area contributed by atoms with E-state index in [0.717, 1.165) is 16.5 Å². The van der Waals surface area contributed by atoms with Crippen molar-refractivity contribution >= 4 is 33.0 Å². The van der Waals surface area contributed by atoms with Gasteiger partial charge in [-0.15, -0.1) is 0 Å². The molecule has 0 saturated heterocycles. The Morgan fingerprint density at radius 3 is 2.75 bits per heavy atom. The molecule has 0 unspecified atom stereocenters. The third-order valence-electron chi connectivity index (χ3n) is 3.52. The van der Waals surface area contributed by atoms with Crippen molar-refractivity contribution in [3.63, 3.8) is 0 Å². The average molecular weight is 261 g/mol. The zero-order valence-corrected chi connectivity index (χ0v) is 10.9. The van der Waals surface area contributed by atoms with E-state index in [9.17, 15) is 4.79 Å². The van der Waals surface area contributed by atoms with Gasteiger partial charge in [0.1, 0.15) is 5.58 Å². The highest BCUT2D eigenvalue weighted by Gasteiger charge is 2.09. The number of hydrogen-bond acceptors (Lipinski definition) is 3. The van der Waals surface area contributed by atoms with E-state index in [1.165, 1.54) is 0 Å². The van der Waals surface area contributed by atoms with Gasteiger partial charge in [-0.05, 0) is 37.3 Å². The number of rotatable bonds is 0. The molecular formula is C17H11NO2. The Kier molecular flexibility index (Phi) is 2.18. The lowest BCUT2D eigenvalue weighted by Gasteiger charge is -2.03. The monoisotopic (exact) mass is 261 g/mol. The topological polar surface area (TPSA) is 43.1 Å². The van der Waals surface area contributed by atoms with Crippen LogP contribution in [0.3, 0.4) is 0 Å². The average Bonchev–Trinajstić information content (AvgIpc) is 2.46. The largest absolute Gasteiger partial charge is 0.437 e. The minimum absolute atomic E-state index is 0.0299. The van der Waals surface area contributed by atoms with Crippen LogP contribution in [-0.4, -0.2) is 4.98 Å². The zero-order chi connectivity index (χ0) is 13.7. The fourth-order valence-corrected chi connectivity index (χ4v) is 2.51. The summed E-state index contributed by atoms with van der Waals surface area (Å²) in [7, 11) is 0. The van der Waals surface area contributed by atoms with Crippen LogP contribution in [0.15, 0.2) is 57.7 Å². The molecule has 0 N–H and O–H groups in total. The second-order valence-corrected chi connectivity index (χ2v) is 4.96. The highest BCUT2D eigenvalue weighted by atomic mass is 16.3. The van der Waals surface area contributed by atoms with Crippen molar-refractivity contribution < 1.29 is 4.42 Å². The molecule has 4 aromatic rings. The first-order valence-corrected chi connectivity index (χ1v) is 6.45. The first-order chi connectivity index (χ1) is 9.72. The first-order valence-electron chi connectivity index (χ1n) is 6.45. The van der Waals surface area contributed by atoms with Crippen molar-refractivity contribution in [2.24, 2.45) is 0 Å². The number of pyridine rings is 1. The number of aromatic nitrogens is 1. The lowest BCUT2D eigenvalue weighted by atomic mass is 10.1. The predicted octanol–water partition coefficient (Wildman–Crippen LogP) is 3.80. The van der Waals surface area contributed by atoms with Crippen LogP contribution in [0.4, 0.5) is 0 Å². The van der Waals surface area contributed by atoms with Gasteiger partial charge in [-0.25, -0.2) is 4.98 Å². The maximum Gasteiger partial charge on any atom is 0.231 e. The van der Waals surface area contributed by atoms with E-state index in [-0.39, 0.29) is 5.43 Å². The molecule has 0 amide bonds. The maximum absolute atomic E-state index is 12.5. The summed E-state index contributed by atoms with van der Waals surface area (Å²) in [6.45, 7) is 2.02. The first kappa shape index (κ1) is 11.2. The Balaban J connectivity index is 2.25. The van der Waals surface area contributed by atoms with Crippen LogP contribution < -0.4 is 5.43 Å². The smallest absolute Gasteiger partial charge is 0.231 e. The van der Waals surface area contributed by atoms with Crippen LogP contribution in [0.5, 0.6) is 0 Å². The zero-order valence-electron chi connectivity index (χ0n) is 10.9. The molecule has 3 heteroatoms. The minimum Gasteiger partial charge on any atom is -0.437 e.